The molecule has 0 saturated heterocycles. The molecule has 0 aliphatic carbocycles. The van der Waals surface area contributed by atoms with E-state index >= 15 is 0 Å². The molecule has 1 N–H and O–H groups in total. The zero-order valence-electron chi connectivity index (χ0n) is 20.7. The van der Waals surface area contributed by atoms with Crippen LogP contribution >= 0.6 is 11.6 Å². The minimum Gasteiger partial charge on any atom is -0.494 e. The molecular formula is C22H25ClN8O5S. The summed E-state index contributed by atoms with van der Waals surface area (Å²) < 4.78 is 49.3. The molecule has 1 unspecified atom stereocenters. The number of hydrogen-bond donors (Lipinski definition) is 1. The van der Waals surface area contributed by atoms with E-state index in [9.17, 15) is 8.42 Å². The van der Waals surface area contributed by atoms with Crippen LogP contribution < -0.4 is 14.2 Å². The second-order valence-corrected chi connectivity index (χ2v) is 10.3. The van der Waals surface area contributed by atoms with Gasteiger partial charge in [0, 0.05) is 32.7 Å². The van der Waals surface area contributed by atoms with Gasteiger partial charge in [0.2, 0.25) is 16.0 Å². The first-order chi connectivity index (χ1) is 17.7. The first-order valence-corrected chi connectivity index (χ1v) is 12.8. The zero-order valence-corrected chi connectivity index (χ0v) is 22.2. The van der Waals surface area contributed by atoms with Gasteiger partial charge in [0.05, 0.1) is 19.2 Å². The number of aryl methyl sites for hydroxylation is 1. The second-order valence-electron chi connectivity index (χ2n) is 7.84. The summed E-state index contributed by atoms with van der Waals surface area (Å²) in [5.41, 5.74) is 0.832. The Bertz CT molecular complexity index is 1470. The Hall–Kier alpha value is -3.75. The Labute approximate surface area is 218 Å². The average molecular weight is 549 g/mol. The molecule has 0 aliphatic rings. The maximum atomic E-state index is 13.5. The van der Waals surface area contributed by atoms with Crippen LogP contribution in [0.4, 0.5) is 5.95 Å². The third kappa shape index (κ3) is 5.21. The van der Waals surface area contributed by atoms with Crippen LogP contribution in [0.5, 0.6) is 11.5 Å². The van der Waals surface area contributed by atoms with Crippen molar-refractivity contribution < 1.29 is 22.6 Å². The lowest BCUT2D eigenvalue weighted by atomic mass is 10.2. The Balaban J connectivity index is 1.82. The minimum absolute atomic E-state index is 0.109. The van der Waals surface area contributed by atoms with E-state index in [4.69, 9.17) is 25.8 Å². The van der Waals surface area contributed by atoms with Gasteiger partial charge < -0.3 is 14.2 Å². The van der Waals surface area contributed by atoms with Crippen LogP contribution in [0.1, 0.15) is 18.9 Å². The maximum absolute atomic E-state index is 13.5. The summed E-state index contributed by atoms with van der Waals surface area (Å²) in [5.74, 6) is 1.11. The normalized spacial score (nSPS) is 13.2. The summed E-state index contributed by atoms with van der Waals surface area (Å²) in [6.45, 7) is 1.47. The average Bonchev–Trinajstić information content (AvgIpc) is 3.50. The summed E-state index contributed by atoms with van der Waals surface area (Å²) in [5, 5.41) is 11.9. The number of hydrogen-bond acceptors (Lipinski definition) is 10. The van der Waals surface area contributed by atoms with Crippen molar-refractivity contribution in [3.05, 3.63) is 53.7 Å². The molecule has 37 heavy (non-hydrogen) atoms. The van der Waals surface area contributed by atoms with Gasteiger partial charge in [0.1, 0.15) is 34.2 Å². The fourth-order valence-corrected chi connectivity index (χ4v) is 4.90. The maximum Gasteiger partial charge on any atom is 0.243 e. The monoisotopic (exact) mass is 548 g/mol. The molecule has 2 atom stereocenters. The van der Waals surface area contributed by atoms with Gasteiger partial charge >= 0.3 is 0 Å². The number of para-hydroxylation sites is 1. The van der Waals surface area contributed by atoms with Gasteiger partial charge in [-0.25, -0.2) is 18.4 Å². The molecule has 4 rings (SSSR count). The molecule has 0 saturated carbocycles. The van der Waals surface area contributed by atoms with Crippen molar-refractivity contribution in [3.8, 4) is 28.7 Å². The molecule has 3 aromatic heterocycles. The smallest absolute Gasteiger partial charge is 0.243 e. The quantitative estimate of drug-likeness (QED) is 0.313. The van der Waals surface area contributed by atoms with Gasteiger partial charge in [0.15, 0.2) is 11.6 Å². The van der Waals surface area contributed by atoms with Gasteiger partial charge in [-0.05, 0) is 25.1 Å². The highest BCUT2D eigenvalue weighted by atomic mass is 35.5. The first kappa shape index (κ1) is 26.3. The van der Waals surface area contributed by atoms with E-state index in [0.717, 1.165) is 0 Å². The third-order valence-electron chi connectivity index (χ3n) is 5.53. The molecule has 3 heterocycles. The zero-order chi connectivity index (χ0) is 26.7. The molecule has 0 amide bonds. The van der Waals surface area contributed by atoms with Crippen LogP contribution in [0, 0.1) is 0 Å². The number of benzene rings is 1. The third-order valence-corrected chi connectivity index (χ3v) is 7.42. The van der Waals surface area contributed by atoms with Crippen LogP contribution in [0.25, 0.3) is 17.2 Å². The number of nitrogens with zero attached hydrogens (tertiary/aromatic N) is 7. The summed E-state index contributed by atoms with van der Waals surface area (Å²) in [4.78, 5) is 8.22. The largest absolute Gasteiger partial charge is 0.494 e. The van der Waals surface area contributed by atoms with Crippen molar-refractivity contribution in [2.75, 3.05) is 26.1 Å². The molecule has 4 aromatic rings. The SMILES string of the molecule is COc1cccc(OC)c1-n1c(NS(=O)(=O)[C@@H](C)C(OC)c2ncc(Cl)cn2)nnc1-c1ccn(C)n1. The number of ether oxygens (including phenoxy) is 3. The molecule has 0 fully saturated rings. The number of sulfonamides is 1. The van der Waals surface area contributed by atoms with Crippen molar-refractivity contribution in [2.24, 2.45) is 7.05 Å². The van der Waals surface area contributed by atoms with Crippen molar-refractivity contribution in [3.63, 3.8) is 0 Å². The molecule has 196 valence electrons. The van der Waals surface area contributed by atoms with E-state index in [1.807, 2.05) is 0 Å². The van der Waals surface area contributed by atoms with E-state index in [-0.39, 0.29) is 17.6 Å². The van der Waals surface area contributed by atoms with E-state index in [0.29, 0.717) is 27.9 Å². The fraction of sp³-hybridized carbons (Fsp3) is 0.318. The lowest BCUT2D eigenvalue weighted by Gasteiger charge is -2.22. The van der Waals surface area contributed by atoms with Crippen LogP contribution in [-0.4, -0.2) is 69.5 Å². The van der Waals surface area contributed by atoms with Crippen LogP contribution in [0.15, 0.2) is 42.9 Å². The Morgan fingerprint density at radius 1 is 1.03 bits per heavy atom. The van der Waals surface area contributed by atoms with Gasteiger partial charge in [-0.2, -0.15) is 5.10 Å². The summed E-state index contributed by atoms with van der Waals surface area (Å²) in [7, 11) is 1.97. The van der Waals surface area contributed by atoms with Crippen molar-refractivity contribution >= 4 is 27.6 Å². The van der Waals surface area contributed by atoms with Gasteiger partial charge in [-0.1, -0.05) is 17.7 Å². The van der Waals surface area contributed by atoms with Crippen molar-refractivity contribution in [1.82, 2.24) is 34.5 Å². The van der Waals surface area contributed by atoms with E-state index in [2.05, 4.69) is 30.0 Å². The Morgan fingerprint density at radius 3 is 2.22 bits per heavy atom. The predicted octanol–water partition coefficient (Wildman–Crippen LogP) is 2.65. The van der Waals surface area contributed by atoms with E-state index in [1.165, 1.54) is 45.2 Å². The Morgan fingerprint density at radius 2 is 1.68 bits per heavy atom. The molecule has 0 bridgehead atoms. The van der Waals surface area contributed by atoms with E-state index < -0.39 is 21.4 Å². The van der Waals surface area contributed by atoms with Crippen LogP contribution in [-0.2, 0) is 21.8 Å². The van der Waals surface area contributed by atoms with Gasteiger partial charge in [-0.3, -0.25) is 14.0 Å². The molecule has 0 radical (unpaired) electrons. The summed E-state index contributed by atoms with van der Waals surface area (Å²) >= 11 is 5.87. The van der Waals surface area contributed by atoms with Gasteiger partial charge in [-0.15, -0.1) is 10.2 Å². The lowest BCUT2D eigenvalue weighted by Crippen LogP contribution is -2.33. The summed E-state index contributed by atoms with van der Waals surface area (Å²) in [6.07, 6.45) is 3.47. The van der Waals surface area contributed by atoms with Crippen LogP contribution in [0.2, 0.25) is 5.02 Å². The molecule has 0 spiro atoms. The standard InChI is InChI=1S/C22H25ClN8O5S/c1-13(19(36-5)20-24-11-14(23)12-25-20)37(32,33)29-22-27-26-21(15-9-10-30(2)28-15)31(22)18-16(34-3)7-6-8-17(18)35-4/h6-13,19H,1-5H3,(H,27,29)/t13-,19?/m0/s1. The number of anilines is 1. The highest BCUT2D eigenvalue weighted by molar-refractivity contribution is 7.93. The highest BCUT2D eigenvalue weighted by Crippen LogP contribution is 2.37. The molecule has 1 aromatic carbocycles. The van der Waals surface area contributed by atoms with Crippen molar-refractivity contribution in [1.29, 1.82) is 0 Å². The first-order valence-electron chi connectivity index (χ1n) is 10.9. The predicted molar refractivity (Wildman–Crippen MR) is 135 cm³/mol. The number of nitrogens with one attached hydrogen (secondary N) is 1. The second kappa shape index (κ2) is 10.7. The lowest BCUT2D eigenvalue weighted by molar-refractivity contribution is 0.0950. The molecular weight excluding hydrogens is 524 g/mol. The molecule has 0 aliphatic heterocycles. The van der Waals surface area contributed by atoms with Crippen molar-refractivity contribution in [2.45, 2.75) is 18.3 Å². The minimum atomic E-state index is -4.13. The number of methoxy groups -OCH3 is 3. The Kier molecular flexibility index (Phi) is 7.61. The number of halogens is 1. The summed E-state index contributed by atoms with van der Waals surface area (Å²) in [6, 6.07) is 6.88. The highest BCUT2D eigenvalue weighted by Gasteiger charge is 2.35. The molecule has 13 nitrogen and oxygen atoms in total. The van der Waals surface area contributed by atoms with Gasteiger partial charge in [0.25, 0.3) is 0 Å². The van der Waals surface area contributed by atoms with Crippen LogP contribution in [0.3, 0.4) is 0 Å². The number of rotatable bonds is 10. The van der Waals surface area contributed by atoms with E-state index in [1.54, 1.807) is 42.2 Å². The number of aromatic nitrogens is 7. The fourth-order valence-electron chi connectivity index (χ4n) is 3.67. The topological polar surface area (TPSA) is 148 Å². The molecule has 15 heteroatoms.